The second-order valence-electron chi connectivity index (χ2n) is 8.36. The maximum Gasteiger partial charge on any atom is 0.295 e. The first kappa shape index (κ1) is 28.8. The number of anilines is 2. The second kappa shape index (κ2) is 10.4. The molecule has 0 aromatic heterocycles. The van der Waals surface area contributed by atoms with Gasteiger partial charge < -0.3 is 11.5 Å². The Bertz CT molecular complexity index is 2060. The highest BCUT2D eigenvalue weighted by molar-refractivity contribution is 7.86. The predicted molar refractivity (Wildman–Crippen MR) is 148 cm³/mol. The summed E-state index contributed by atoms with van der Waals surface area (Å²) in [6.45, 7) is 0. The predicted octanol–water partition coefficient (Wildman–Crippen LogP) is 4.33. The molecule has 0 aliphatic carbocycles. The lowest BCUT2D eigenvalue weighted by molar-refractivity contribution is 0.480. The average molecular weight is 605 g/mol. The first-order chi connectivity index (χ1) is 18.5. The van der Waals surface area contributed by atoms with Crippen molar-refractivity contribution in [2.45, 2.75) is 14.7 Å². The third-order valence-corrected chi connectivity index (χ3v) is 8.27. The smallest absolute Gasteiger partial charge is 0.295 e. The van der Waals surface area contributed by atoms with E-state index in [9.17, 15) is 38.9 Å². The van der Waals surface area contributed by atoms with E-state index >= 15 is 0 Å². The number of nitrogens with two attached hydrogens (primary N) is 2. The Hall–Kier alpha value is -4.19. The third-order valence-electron chi connectivity index (χ3n) is 5.60. The van der Waals surface area contributed by atoms with Crippen LogP contribution < -0.4 is 11.5 Å². The van der Waals surface area contributed by atoms with Crippen LogP contribution in [-0.2, 0) is 30.4 Å². The van der Waals surface area contributed by atoms with E-state index in [2.05, 4.69) is 10.2 Å². The largest absolute Gasteiger partial charge is 0.399 e. The van der Waals surface area contributed by atoms with Crippen molar-refractivity contribution in [2.24, 2.45) is 10.2 Å². The maximum atomic E-state index is 12.1. The Morgan fingerprint density at radius 3 is 1.80 bits per heavy atom. The number of nitrogens with zero attached hydrogens (tertiary/aromatic N) is 2. The molecule has 7 N–H and O–H groups in total. The van der Waals surface area contributed by atoms with E-state index in [1.54, 1.807) is 0 Å². The summed E-state index contributed by atoms with van der Waals surface area (Å²) in [7, 11) is -14.0. The zero-order valence-electron chi connectivity index (χ0n) is 20.1. The molecule has 0 unspecified atom stereocenters. The third kappa shape index (κ3) is 6.33. The monoisotopic (exact) mass is 604 g/mol. The SMILES string of the molecule is Nc1ccc(/C=C/c2ccc(N=Nc3ccc(N)c4ccc(S(=O)(=O)O)cc34)cc2S(=O)(=O)O)c(S(=O)(=O)O)c1. The molecule has 40 heavy (non-hydrogen) atoms. The molecular formula is C24H20N4O9S3. The van der Waals surface area contributed by atoms with Crippen LogP contribution in [0.15, 0.2) is 91.6 Å². The fourth-order valence-corrected chi connectivity index (χ4v) is 5.66. The second-order valence-corrected chi connectivity index (χ2v) is 12.6. The van der Waals surface area contributed by atoms with Crippen molar-refractivity contribution < 1.29 is 38.9 Å². The quantitative estimate of drug-likeness (QED) is 0.0860. The van der Waals surface area contributed by atoms with Crippen molar-refractivity contribution in [1.82, 2.24) is 0 Å². The van der Waals surface area contributed by atoms with Crippen molar-refractivity contribution in [3.05, 3.63) is 77.9 Å². The van der Waals surface area contributed by atoms with Crippen molar-refractivity contribution in [2.75, 3.05) is 11.5 Å². The maximum absolute atomic E-state index is 12.1. The van der Waals surface area contributed by atoms with E-state index in [4.69, 9.17) is 11.5 Å². The van der Waals surface area contributed by atoms with Gasteiger partial charge in [-0.25, -0.2) is 0 Å². The van der Waals surface area contributed by atoms with E-state index in [0.717, 1.165) is 18.2 Å². The van der Waals surface area contributed by atoms with E-state index in [1.807, 2.05) is 0 Å². The summed E-state index contributed by atoms with van der Waals surface area (Å²) < 4.78 is 99.4. The molecule has 0 spiro atoms. The van der Waals surface area contributed by atoms with Crippen molar-refractivity contribution in [3.8, 4) is 0 Å². The fraction of sp³-hybridized carbons (Fsp3) is 0. The number of azo groups is 1. The Labute approximate surface area is 228 Å². The lowest BCUT2D eigenvalue weighted by Crippen LogP contribution is -2.02. The molecule has 0 fully saturated rings. The van der Waals surface area contributed by atoms with Crippen molar-refractivity contribution >= 4 is 76.0 Å². The van der Waals surface area contributed by atoms with Gasteiger partial charge in [0.25, 0.3) is 30.4 Å². The zero-order valence-corrected chi connectivity index (χ0v) is 22.5. The minimum Gasteiger partial charge on any atom is -0.399 e. The van der Waals surface area contributed by atoms with Gasteiger partial charge >= 0.3 is 0 Å². The van der Waals surface area contributed by atoms with Gasteiger partial charge in [0.2, 0.25) is 0 Å². The van der Waals surface area contributed by atoms with Crippen LogP contribution in [0.1, 0.15) is 11.1 Å². The topological polar surface area (TPSA) is 240 Å². The number of fused-ring (bicyclic) bond motifs is 1. The van der Waals surface area contributed by atoms with Gasteiger partial charge in [0.15, 0.2) is 0 Å². The van der Waals surface area contributed by atoms with Crippen LogP contribution in [0.3, 0.4) is 0 Å². The molecule has 4 aromatic carbocycles. The lowest BCUT2D eigenvalue weighted by atomic mass is 10.1. The van der Waals surface area contributed by atoms with Gasteiger partial charge in [-0.2, -0.15) is 30.4 Å². The summed E-state index contributed by atoms with van der Waals surface area (Å²) in [6.07, 6.45) is 2.41. The van der Waals surface area contributed by atoms with Crippen LogP contribution in [0, 0.1) is 0 Å². The highest BCUT2D eigenvalue weighted by Crippen LogP contribution is 2.34. The van der Waals surface area contributed by atoms with Crippen LogP contribution in [0.5, 0.6) is 0 Å². The highest BCUT2D eigenvalue weighted by Gasteiger charge is 2.18. The van der Waals surface area contributed by atoms with Gasteiger partial charge in [0.05, 0.1) is 16.3 Å². The van der Waals surface area contributed by atoms with Crippen LogP contribution in [-0.4, -0.2) is 38.9 Å². The lowest BCUT2D eigenvalue weighted by Gasteiger charge is -2.07. The van der Waals surface area contributed by atoms with E-state index in [0.29, 0.717) is 11.1 Å². The van der Waals surface area contributed by atoms with E-state index in [1.165, 1.54) is 60.7 Å². The van der Waals surface area contributed by atoms with Crippen LogP contribution >= 0.6 is 0 Å². The van der Waals surface area contributed by atoms with Crippen LogP contribution in [0.25, 0.3) is 22.9 Å². The van der Waals surface area contributed by atoms with Gasteiger partial charge in [0.1, 0.15) is 9.79 Å². The molecule has 16 heteroatoms. The summed E-state index contributed by atoms with van der Waals surface area (Å²) >= 11 is 0. The number of nitrogen functional groups attached to an aromatic ring is 2. The van der Waals surface area contributed by atoms with Gasteiger partial charge in [-0.3, -0.25) is 13.7 Å². The molecule has 0 amide bonds. The first-order valence-electron chi connectivity index (χ1n) is 10.9. The van der Waals surface area contributed by atoms with Gasteiger partial charge in [-0.05, 0) is 59.7 Å². The summed E-state index contributed by atoms with van der Waals surface area (Å²) in [5, 5.41) is 8.71. The summed E-state index contributed by atoms with van der Waals surface area (Å²) in [4.78, 5) is -1.49. The first-order valence-corrected chi connectivity index (χ1v) is 15.2. The Morgan fingerprint density at radius 2 is 1.20 bits per heavy atom. The van der Waals surface area contributed by atoms with Gasteiger partial charge in [-0.15, -0.1) is 5.11 Å². The standard InChI is InChI=1S/C24H20N4O9S3/c25-16-5-3-14(23(11-16)39(32,33)34)1-2-15-4-6-17(12-24(15)40(35,36)37)27-28-22-10-9-21(26)19-8-7-18(13-20(19)22)38(29,30)31/h1-13H,25-26H2,(H,29,30,31)(H,32,33,34)(H,35,36,37)/b2-1+,28-27?. The van der Waals surface area contributed by atoms with Gasteiger partial charge in [0, 0.05) is 22.1 Å². The fourth-order valence-electron chi connectivity index (χ4n) is 3.73. The Balaban J connectivity index is 1.77. The van der Waals surface area contributed by atoms with E-state index < -0.39 is 45.0 Å². The molecule has 208 valence electrons. The van der Waals surface area contributed by atoms with Crippen LogP contribution in [0.4, 0.5) is 22.7 Å². The molecule has 13 nitrogen and oxygen atoms in total. The molecule has 4 aromatic rings. The van der Waals surface area contributed by atoms with E-state index in [-0.39, 0.29) is 33.6 Å². The zero-order chi connectivity index (χ0) is 29.5. The molecule has 0 aliphatic rings. The number of hydrogen-bond donors (Lipinski definition) is 5. The molecular weight excluding hydrogens is 584 g/mol. The number of hydrogen-bond acceptors (Lipinski definition) is 10. The Morgan fingerprint density at radius 1 is 0.600 bits per heavy atom. The van der Waals surface area contributed by atoms with Crippen molar-refractivity contribution in [1.29, 1.82) is 0 Å². The molecule has 4 rings (SSSR count). The molecule has 0 radical (unpaired) electrons. The molecule has 0 saturated heterocycles. The van der Waals surface area contributed by atoms with Gasteiger partial charge in [-0.1, -0.05) is 30.4 Å². The minimum absolute atomic E-state index is 0.00115. The molecule has 0 bridgehead atoms. The number of benzene rings is 4. The summed E-state index contributed by atoms with van der Waals surface area (Å²) in [5.74, 6) is 0. The Kier molecular flexibility index (Phi) is 7.50. The molecule has 0 aliphatic heterocycles. The molecule has 0 saturated carbocycles. The normalized spacial score (nSPS) is 13.0. The summed E-state index contributed by atoms with van der Waals surface area (Å²) in [5.41, 5.74) is 12.0. The minimum atomic E-state index is -4.80. The summed E-state index contributed by atoms with van der Waals surface area (Å²) in [6, 6.07) is 14.0. The van der Waals surface area contributed by atoms with Crippen molar-refractivity contribution in [3.63, 3.8) is 0 Å². The molecule has 0 atom stereocenters. The van der Waals surface area contributed by atoms with Crippen LogP contribution in [0.2, 0.25) is 0 Å². The average Bonchev–Trinajstić information content (AvgIpc) is 2.86. The highest BCUT2D eigenvalue weighted by atomic mass is 32.2. The number of rotatable bonds is 7. The molecule has 0 heterocycles.